The van der Waals surface area contributed by atoms with Crippen molar-refractivity contribution in [3.05, 3.63) is 27.9 Å². The summed E-state index contributed by atoms with van der Waals surface area (Å²) in [6, 6.07) is 2.23. The fraction of sp³-hybridized carbons (Fsp3) is 0.615. The van der Waals surface area contributed by atoms with Gasteiger partial charge in [-0.15, -0.1) is 0 Å². The van der Waals surface area contributed by atoms with Crippen LogP contribution in [0.5, 0.6) is 0 Å². The van der Waals surface area contributed by atoms with E-state index >= 15 is 0 Å². The van der Waals surface area contributed by atoms with Crippen molar-refractivity contribution in [3.63, 3.8) is 0 Å². The average Bonchev–Trinajstić information content (AvgIpc) is 2.31. The molecule has 0 radical (unpaired) electrons. The lowest BCUT2D eigenvalue weighted by molar-refractivity contribution is -0.385. The number of aromatic nitrogens is 1. The number of aliphatic hydroxyl groups excluding tert-OH is 1. The van der Waals surface area contributed by atoms with Crippen LogP contribution in [0.25, 0.3) is 0 Å². The van der Waals surface area contributed by atoms with Gasteiger partial charge in [0.25, 0.3) is 5.69 Å². The molecule has 6 nitrogen and oxygen atoms in total. The lowest BCUT2D eigenvalue weighted by atomic mass is 9.91. The van der Waals surface area contributed by atoms with Crippen LogP contribution in [0.15, 0.2) is 12.3 Å². The van der Waals surface area contributed by atoms with E-state index in [1.54, 1.807) is 13.0 Å². The van der Waals surface area contributed by atoms with E-state index in [9.17, 15) is 10.1 Å². The number of anilines is 1. The van der Waals surface area contributed by atoms with Gasteiger partial charge in [0.2, 0.25) is 0 Å². The van der Waals surface area contributed by atoms with E-state index in [-0.39, 0.29) is 12.3 Å². The Morgan fingerprint density at radius 1 is 1.58 bits per heavy atom. The topological polar surface area (TPSA) is 79.5 Å². The van der Waals surface area contributed by atoms with Gasteiger partial charge in [-0.05, 0) is 38.7 Å². The number of aliphatic hydroxyl groups is 1. The summed E-state index contributed by atoms with van der Waals surface area (Å²) in [7, 11) is 0. The molecule has 1 aromatic heterocycles. The number of aryl methyl sites for hydroxylation is 1. The maximum atomic E-state index is 10.8. The number of nitrogens with zero attached hydrogens (tertiary/aromatic N) is 3. The van der Waals surface area contributed by atoms with Gasteiger partial charge in [0, 0.05) is 24.8 Å². The summed E-state index contributed by atoms with van der Waals surface area (Å²) < 4.78 is 0. The Balaban J connectivity index is 2.20. The van der Waals surface area contributed by atoms with E-state index in [1.807, 2.05) is 0 Å². The van der Waals surface area contributed by atoms with Crippen molar-refractivity contribution >= 4 is 11.5 Å². The second-order valence-corrected chi connectivity index (χ2v) is 4.94. The van der Waals surface area contributed by atoms with Crippen LogP contribution in [0.3, 0.4) is 0 Å². The molecule has 2 rings (SSSR count). The minimum atomic E-state index is -0.409. The molecule has 0 amide bonds. The average molecular weight is 265 g/mol. The predicted octanol–water partition coefficient (Wildman–Crippen LogP) is 2.04. The summed E-state index contributed by atoms with van der Waals surface area (Å²) >= 11 is 0. The maximum Gasteiger partial charge on any atom is 0.290 e. The summed E-state index contributed by atoms with van der Waals surface area (Å²) in [4.78, 5) is 16.8. The number of rotatable bonds is 6. The monoisotopic (exact) mass is 265 g/mol. The molecule has 0 saturated heterocycles. The summed E-state index contributed by atoms with van der Waals surface area (Å²) in [5.41, 5.74) is 0.683. The molecular weight excluding hydrogens is 246 g/mol. The van der Waals surface area contributed by atoms with Gasteiger partial charge < -0.3 is 10.0 Å². The first kappa shape index (κ1) is 13.7. The third-order valence-electron chi connectivity index (χ3n) is 3.63. The summed E-state index contributed by atoms with van der Waals surface area (Å²) in [5, 5.41) is 19.8. The summed E-state index contributed by atoms with van der Waals surface area (Å²) in [5.74, 6) is 0.779. The molecule has 0 unspecified atom stereocenters. The maximum absolute atomic E-state index is 10.8. The fourth-order valence-electron chi connectivity index (χ4n) is 2.31. The van der Waals surface area contributed by atoms with Crippen LogP contribution in [0.2, 0.25) is 0 Å². The van der Waals surface area contributed by atoms with Gasteiger partial charge in [-0.1, -0.05) is 0 Å². The highest BCUT2D eigenvalue weighted by Crippen LogP contribution is 2.30. The third kappa shape index (κ3) is 3.01. The van der Waals surface area contributed by atoms with E-state index in [0.717, 1.165) is 25.2 Å². The Morgan fingerprint density at radius 2 is 2.32 bits per heavy atom. The van der Waals surface area contributed by atoms with Crippen molar-refractivity contribution in [3.8, 4) is 0 Å². The van der Waals surface area contributed by atoms with Gasteiger partial charge in [-0.3, -0.25) is 10.1 Å². The minimum Gasteiger partial charge on any atom is -0.396 e. The molecule has 1 N–H and O–H groups in total. The second kappa shape index (κ2) is 5.97. The second-order valence-electron chi connectivity index (χ2n) is 4.94. The highest BCUT2D eigenvalue weighted by molar-refractivity contribution is 5.49. The van der Waals surface area contributed by atoms with Crippen molar-refractivity contribution in [2.75, 3.05) is 18.1 Å². The lowest BCUT2D eigenvalue weighted by Gasteiger charge is -2.38. The normalized spacial score (nSPS) is 15.1. The van der Waals surface area contributed by atoms with Crippen LogP contribution in [0, 0.1) is 17.0 Å². The zero-order valence-corrected chi connectivity index (χ0v) is 11.1. The zero-order chi connectivity index (χ0) is 13.8. The van der Waals surface area contributed by atoms with Crippen LogP contribution in [-0.2, 0) is 0 Å². The van der Waals surface area contributed by atoms with Gasteiger partial charge in [0.1, 0.15) is 12.0 Å². The van der Waals surface area contributed by atoms with Gasteiger partial charge in [-0.2, -0.15) is 0 Å². The largest absolute Gasteiger partial charge is 0.396 e. The lowest BCUT2D eigenvalue weighted by Crippen LogP contribution is -2.41. The summed E-state index contributed by atoms with van der Waals surface area (Å²) in [6.45, 7) is 2.62. The smallest absolute Gasteiger partial charge is 0.290 e. The van der Waals surface area contributed by atoms with E-state index in [4.69, 9.17) is 5.11 Å². The third-order valence-corrected chi connectivity index (χ3v) is 3.63. The first-order chi connectivity index (χ1) is 9.13. The summed E-state index contributed by atoms with van der Waals surface area (Å²) in [6.07, 6.45) is 5.49. The molecule has 0 atom stereocenters. The molecule has 19 heavy (non-hydrogen) atoms. The van der Waals surface area contributed by atoms with E-state index in [0.29, 0.717) is 18.0 Å². The molecule has 0 spiro atoms. The predicted molar refractivity (Wildman–Crippen MR) is 72.3 cm³/mol. The first-order valence-electron chi connectivity index (χ1n) is 6.62. The molecule has 104 valence electrons. The highest BCUT2D eigenvalue weighted by Gasteiger charge is 2.26. The van der Waals surface area contributed by atoms with Crippen LogP contribution in [-0.4, -0.2) is 34.2 Å². The van der Waals surface area contributed by atoms with Crippen LogP contribution in [0.1, 0.15) is 31.2 Å². The molecule has 1 aromatic rings. The van der Waals surface area contributed by atoms with Gasteiger partial charge >= 0.3 is 0 Å². The van der Waals surface area contributed by atoms with E-state index in [1.165, 1.54) is 12.6 Å². The van der Waals surface area contributed by atoms with Gasteiger partial charge in [0.05, 0.1) is 4.92 Å². The highest BCUT2D eigenvalue weighted by atomic mass is 16.6. The number of nitro groups is 1. The Hall–Kier alpha value is -1.69. The Bertz CT molecular complexity index is 460. The fourth-order valence-corrected chi connectivity index (χ4v) is 2.31. The zero-order valence-electron chi connectivity index (χ0n) is 11.1. The van der Waals surface area contributed by atoms with E-state index in [2.05, 4.69) is 9.88 Å². The molecule has 1 aliphatic carbocycles. The van der Waals surface area contributed by atoms with Crippen molar-refractivity contribution in [2.24, 2.45) is 0 Å². The molecule has 1 saturated carbocycles. The van der Waals surface area contributed by atoms with Crippen molar-refractivity contribution < 1.29 is 10.0 Å². The molecule has 0 aliphatic heterocycles. The number of hydrogen-bond acceptors (Lipinski definition) is 5. The van der Waals surface area contributed by atoms with Gasteiger partial charge in [-0.25, -0.2) is 4.98 Å². The molecular formula is C13H19N3O3. The Labute approximate surface area is 112 Å². The number of pyridine rings is 1. The minimum absolute atomic E-state index is 0.0551. The number of hydrogen-bond donors (Lipinski definition) is 1. The molecule has 1 aliphatic rings. The van der Waals surface area contributed by atoms with E-state index < -0.39 is 4.92 Å². The van der Waals surface area contributed by atoms with Crippen molar-refractivity contribution in [1.82, 2.24) is 4.98 Å². The Morgan fingerprint density at radius 3 is 2.79 bits per heavy atom. The molecule has 0 aromatic carbocycles. The first-order valence-corrected chi connectivity index (χ1v) is 6.62. The standard InChI is InChI=1S/C13H19N3O3/c1-10-8-13(14-9-12(10)16(18)19)15(6-3-7-17)11-4-2-5-11/h8-9,11,17H,2-7H2,1H3. The Kier molecular flexibility index (Phi) is 4.31. The van der Waals surface area contributed by atoms with Crippen LogP contribution in [0.4, 0.5) is 11.5 Å². The molecule has 1 fully saturated rings. The molecule has 0 bridgehead atoms. The van der Waals surface area contributed by atoms with Crippen LogP contribution >= 0.6 is 0 Å². The van der Waals surface area contributed by atoms with Gasteiger partial charge in [0.15, 0.2) is 0 Å². The van der Waals surface area contributed by atoms with Crippen LogP contribution < -0.4 is 4.90 Å². The SMILES string of the molecule is Cc1cc(N(CCCO)C2CCC2)ncc1[N+](=O)[O-]. The van der Waals surface area contributed by atoms with Crippen molar-refractivity contribution in [2.45, 2.75) is 38.6 Å². The molecule has 1 heterocycles. The molecule has 6 heteroatoms. The quantitative estimate of drug-likeness (QED) is 0.629. The van der Waals surface area contributed by atoms with Crippen molar-refractivity contribution in [1.29, 1.82) is 0 Å².